The molecule has 0 amide bonds. The van der Waals surface area contributed by atoms with Gasteiger partial charge in [-0.25, -0.2) is 0 Å². The second-order valence-electron chi connectivity index (χ2n) is 13.6. The summed E-state index contributed by atoms with van der Waals surface area (Å²) in [5.41, 5.74) is 8.61. The molecule has 0 aliphatic carbocycles. The molecule has 0 radical (unpaired) electrons. The first-order valence-electron chi connectivity index (χ1n) is 18.0. The van der Waals surface area contributed by atoms with Crippen molar-refractivity contribution in [2.75, 3.05) is 4.90 Å². The summed E-state index contributed by atoms with van der Waals surface area (Å²) in [6.45, 7) is 0. The van der Waals surface area contributed by atoms with Crippen LogP contribution in [0.5, 0.6) is 0 Å². The fourth-order valence-corrected chi connectivity index (χ4v) is 10.9. The molecule has 0 aliphatic rings. The Morgan fingerprint density at radius 2 is 0.868 bits per heavy atom. The van der Waals surface area contributed by atoms with Crippen molar-refractivity contribution in [1.29, 1.82) is 0 Å². The minimum Gasteiger partial charge on any atom is -0.309 e. The highest BCUT2D eigenvalue weighted by Gasteiger charge is 2.21. The van der Waals surface area contributed by atoms with Gasteiger partial charge in [0.1, 0.15) is 0 Å². The van der Waals surface area contributed by atoms with E-state index in [1.54, 1.807) is 0 Å². The van der Waals surface area contributed by atoms with E-state index in [2.05, 4.69) is 193 Å². The molecule has 2 aromatic heterocycles. The Bertz CT molecular complexity index is 3170. The van der Waals surface area contributed by atoms with Gasteiger partial charge in [0.25, 0.3) is 0 Å². The molecule has 0 unspecified atom stereocenters. The van der Waals surface area contributed by atoms with Crippen molar-refractivity contribution in [2.24, 2.45) is 0 Å². The van der Waals surface area contributed by atoms with Gasteiger partial charge in [0.05, 0.1) is 10.4 Å². The normalized spacial score (nSPS) is 11.8. The average molecular weight is 710 g/mol. The van der Waals surface area contributed by atoms with Gasteiger partial charge in [-0.1, -0.05) is 152 Å². The summed E-state index contributed by atoms with van der Waals surface area (Å²) < 4.78 is 5.29. The van der Waals surface area contributed by atoms with Crippen molar-refractivity contribution < 1.29 is 0 Å². The lowest BCUT2D eigenvalue weighted by molar-refractivity contribution is 1.31. The predicted octanol–water partition coefficient (Wildman–Crippen LogP) is 15.5. The van der Waals surface area contributed by atoms with E-state index in [1.165, 1.54) is 89.8 Å². The zero-order chi connectivity index (χ0) is 34.9. The highest BCUT2D eigenvalue weighted by molar-refractivity contribution is 7.27. The molecule has 0 spiro atoms. The summed E-state index contributed by atoms with van der Waals surface area (Å²) >= 11 is 3.83. The number of hydrogen-bond donors (Lipinski definition) is 0. The maximum atomic E-state index is 2.47. The van der Waals surface area contributed by atoms with Crippen LogP contribution in [0.3, 0.4) is 0 Å². The number of anilines is 3. The van der Waals surface area contributed by atoms with E-state index < -0.39 is 0 Å². The van der Waals surface area contributed by atoms with E-state index in [-0.39, 0.29) is 0 Å². The fourth-order valence-electron chi connectivity index (χ4n) is 8.20. The SMILES string of the molecule is c1ccc(-c2cccc3c2sc2c(-c4cc5c6cccc(N(c7ccccc7)c7ccc8ccccc8c7)c6sc5c5ccccc45)cccc23)cc1. The number of fused-ring (bicyclic) bond motifs is 9. The number of para-hydroxylation sites is 1. The molecule has 11 rings (SSSR count). The highest BCUT2D eigenvalue weighted by atomic mass is 32.1. The van der Waals surface area contributed by atoms with Crippen molar-refractivity contribution in [2.45, 2.75) is 0 Å². The Morgan fingerprint density at radius 3 is 1.66 bits per heavy atom. The van der Waals surface area contributed by atoms with Gasteiger partial charge in [-0.3, -0.25) is 0 Å². The summed E-state index contributed by atoms with van der Waals surface area (Å²) in [7, 11) is 0. The van der Waals surface area contributed by atoms with E-state index >= 15 is 0 Å². The molecule has 0 N–H and O–H groups in total. The molecule has 0 bridgehead atoms. The van der Waals surface area contributed by atoms with Crippen LogP contribution in [0, 0.1) is 0 Å². The lowest BCUT2D eigenvalue weighted by atomic mass is 9.94. The molecule has 0 aliphatic heterocycles. The van der Waals surface area contributed by atoms with Crippen LogP contribution < -0.4 is 4.90 Å². The van der Waals surface area contributed by atoms with E-state index in [9.17, 15) is 0 Å². The number of benzene rings is 9. The minimum absolute atomic E-state index is 1.14. The van der Waals surface area contributed by atoms with Gasteiger partial charge < -0.3 is 4.90 Å². The second kappa shape index (κ2) is 12.2. The molecule has 11 aromatic rings. The van der Waals surface area contributed by atoms with Crippen LogP contribution in [0.1, 0.15) is 0 Å². The third-order valence-electron chi connectivity index (χ3n) is 10.6. The van der Waals surface area contributed by atoms with Gasteiger partial charge >= 0.3 is 0 Å². The molecule has 0 atom stereocenters. The monoisotopic (exact) mass is 709 g/mol. The average Bonchev–Trinajstić information content (AvgIpc) is 3.81. The van der Waals surface area contributed by atoms with Crippen molar-refractivity contribution in [3.63, 3.8) is 0 Å². The predicted molar refractivity (Wildman–Crippen MR) is 233 cm³/mol. The maximum Gasteiger partial charge on any atom is 0.0640 e. The van der Waals surface area contributed by atoms with Gasteiger partial charge in [-0.05, 0) is 69.2 Å². The molecule has 9 aromatic carbocycles. The van der Waals surface area contributed by atoms with E-state index in [0.717, 1.165) is 11.4 Å². The molecule has 2 heterocycles. The molecular formula is C50H31NS2. The van der Waals surface area contributed by atoms with E-state index in [0.29, 0.717) is 0 Å². The summed E-state index contributed by atoms with van der Waals surface area (Å²) in [6, 6.07) is 68.9. The first-order valence-corrected chi connectivity index (χ1v) is 19.6. The molecule has 3 heteroatoms. The Morgan fingerprint density at radius 1 is 0.302 bits per heavy atom. The first kappa shape index (κ1) is 30.4. The summed E-state index contributed by atoms with van der Waals surface area (Å²) in [5, 5.41) is 10.3. The zero-order valence-corrected chi connectivity index (χ0v) is 30.3. The smallest absolute Gasteiger partial charge is 0.0640 e. The lowest BCUT2D eigenvalue weighted by Crippen LogP contribution is -2.09. The Balaban J connectivity index is 1.17. The molecule has 0 saturated heterocycles. The van der Waals surface area contributed by atoms with Crippen LogP contribution >= 0.6 is 22.7 Å². The third kappa shape index (κ3) is 4.82. The topological polar surface area (TPSA) is 3.24 Å². The van der Waals surface area contributed by atoms with Gasteiger partial charge in [0.15, 0.2) is 0 Å². The first-order chi connectivity index (χ1) is 26.3. The van der Waals surface area contributed by atoms with Gasteiger partial charge in [-0.15, -0.1) is 22.7 Å². The summed E-state index contributed by atoms with van der Waals surface area (Å²) in [6.07, 6.45) is 0. The van der Waals surface area contributed by atoms with Crippen molar-refractivity contribution >= 4 is 102 Å². The Hall–Kier alpha value is -6.26. The van der Waals surface area contributed by atoms with Crippen molar-refractivity contribution in [3.05, 3.63) is 188 Å². The highest BCUT2D eigenvalue weighted by Crippen LogP contribution is 2.50. The molecule has 0 saturated carbocycles. The number of nitrogens with zero attached hydrogens (tertiary/aromatic N) is 1. The minimum atomic E-state index is 1.14. The van der Waals surface area contributed by atoms with Crippen LogP contribution in [-0.2, 0) is 0 Å². The van der Waals surface area contributed by atoms with Crippen LogP contribution in [-0.4, -0.2) is 0 Å². The van der Waals surface area contributed by atoms with Gasteiger partial charge in [0.2, 0.25) is 0 Å². The quantitative estimate of drug-likeness (QED) is 0.172. The molecule has 53 heavy (non-hydrogen) atoms. The Kier molecular flexibility index (Phi) is 6.97. The molecule has 1 nitrogen and oxygen atoms in total. The molecule has 0 fully saturated rings. The number of thiophene rings is 2. The number of hydrogen-bond acceptors (Lipinski definition) is 3. The second-order valence-corrected chi connectivity index (χ2v) is 15.7. The summed E-state index contributed by atoms with van der Waals surface area (Å²) in [5.74, 6) is 0. The lowest BCUT2D eigenvalue weighted by Gasteiger charge is -2.26. The third-order valence-corrected chi connectivity index (χ3v) is 13.2. The van der Waals surface area contributed by atoms with Crippen LogP contribution in [0.25, 0.3) is 84.1 Å². The summed E-state index contributed by atoms with van der Waals surface area (Å²) in [4.78, 5) is 2.43. The van der Waals surface area contributed by atoms with Crippen LogP contribution in [0.2, 0.25) is 0 Å². The van der Waals surface area contributed by atoms with E-state index in [4.69, 9.17) is 0 Å². The maximum absolute atomic E-state index is 2.47. The van der Waals surface area contributed by atoms with Gasteiger partial charge in [0, 0.05) is 58.0 Å². The van der Waals surface area contributed by atoms with Crippen LogP contribution in [0.4, 0.5) is 17.1 Å². The Labute approximate surface area is 315 Å². The standard InChI is InChI=1S/C50H31NS2/c1-3-15-33(16-4-1)37-22-11-23-40-41-24-12-25-42(48(41)52-47(37)40)44-31-45-43-26-13-27-46(50(43)53-49(45)39-21-10-9-20-38(39)44)51(35-18-5-2-6-19-35)36-29-28-32-14-7-8-17-34(32)30-36/h1-31H. The van der Waals surface area contributed by atoms with Crippen LogP contribution in [0.15, 0.2) is 188 Å². The van der Waals surface area contributed by atoms with Crippen molar-refractivity contribution in [1.82, 2.24) is 0 Å². The largest absolute Gasteiger partial charge is 0.309 e. The number of rotatable bonds is 5. The fraction of sp³-hybridized carbons (Fsp3) is 0. The van der Waals surface area contributed by atoms with E-state index in [1.807, 2.05) is 22.7 Å². The van der Waals surface area contributed by atoms with Crippen molar-refractivity contribution in [3.8, 4) is 22.3 Å². The zero-order valence-electron chi connectivity index (χ0n) is 28.7. The molecule has 248 valence electrons. The van der Waals surface area contributed by atoms with Gasteiger partial charge in [-0.2, -0.15) is 0 Å². The molecular weight excluding hydrogens is 679 g/mol.